The Morgan fingerprint density at radius 3 is 2.81 bits per heavy atom. The fraction of sp³-hybridized carbons (Fsp3) is 0.500. The Balaban J connectivity index is 1.97. The second-order valence-electron chi connectivity index (χ2n) is 5.06. The molecule has 1 unspecified atom stereocenters. The summed E-state index contributed by atoms with van der Waals surface area (Å²) in [4.78, 5) is 12.0. The molecule has 0 aromatic heterocycles. The van der Waals surface area contributed by atoms with Gasteiger partial charge in [0.1, 0.15) is 5.75 Å². The lowest BCUT2D eigenvalue weighted by molar-refractivity contribution is -0.126. The number of ether oxygens (including phenoxy) is 1. The maximum absolute atomic E-state index is 12.3. The van der Waals surface area contributed by atoms with E-state index in [1.54, 1.807) is 0 Å². The van der Waals surface area contributed by atoms with Crippen molar-refractivity contribution in [1.82, 2.24) is 10.6 Å². The molecule has 0 saturated carbocycles. The number of nitrogens with one attached hydrogen (secondary N) is 2. The molecule has 2 N–H and O–H groups in total. The van der Waals surface area contributed by atoms with Gasteiger partial charge in [-0.15, -0.1) is 0 Å². The number of rotatable bonds is 6. The number of hydrogen-bond acceptors (Lipinski definition) is 3. The van der Waals surface area contributed by atoms with Gasteiger partial charge in [0, 0.05) is 23.0 Å². The van der Waals surface area contributed by atoms with Crippen molar-refractivity contribution in [3.05, 3.63) is 28.8 Å². The molecular weight excluding hydrogens is 302 g/mol. The van der Waals surface area contributed by atoms with Crippen LogP contribution in [-0.4, -0.2) is 25.6 Å². The molecule has 1 fully saturated rings. The maximum Gasteiger partial charge on any atom is 0.387 e. The first kappa shape index (κ1) is 16.0. The van der Waals surface area contributed by atoms with E-state index >= 15 is 0 Å². The van der Waals surface area contributed by atoms with Crippen LogP contribution in [0, 0.1) is 11.8 Å². The summed E-state index contributed by atoms with van der Waals surface area (Å²) in [6.45, 7) is 0.693. The Labute approximate surface area is 126 Å². The van der Waals surface area contributed by atoms with Crippen molar-refractivity contribution in [3.63, 3.8) is 0 Å². The molecule has 1 amide bonds. The number of halogens is 3. The molecule has 1 saturated heterocycles. The van der Waals surface area contributed by atoms with E-state index in [0.29, 0.717) is 16.5 Å². The number of carbonyl (C=O) groups is 1. The van der Waals surface area contributed by atoms with Gasteiger partial charge in [-0.2, -0.15) is 8.78 Å². The van der Waals surface area contributed by atoms with Crippen LogP contribution in [0.5, 0.6) is 5.75 Å². The number of benzene rings is 1. The Hall–Kier alpha value is -1.40. The summed E-state index contributed by atoms with van der Waals surface area (Å²) in [7, 11) is 0. The minimum atomic E-state index is -2.92. The zero-order valence-corrected chi connectivity index (χ0v) is 12.3. The number of alkyl halides is 2. The van der Waals surface area contributed by atoms with Crippen LogP contribution in [0.25, 0.3) is 0 Å². The first-order chi connectivity index (χ1) is 9.97. The molecule has 4 nitrogen and oxygen atoms in total. The minimum absolute atomic E-state index is 0.0210. The fourth-order valence-electron chi connectivity index (χ4n) is 2.12. The predicted octanol–water partition coefficient (Wildman–Crippen LogP) is 2.41. The lowest BCUT2D eigenvalue weighted by Gasteiger charge is -2.31. The van der Waals surface area contributed by atoms with Crippen molar-refractivity contribution in [2.24, 2.45) is 11.8 Å². The summed E-state index contributed by atoms with van der Waals surface area (Å²) < 4.78 is 29.1. The van der Waals surface area contributed by atoms with Crippen LogP contribution in [-0.2, 0) is 11.3 Å². The van der Waals surface area contributed by atoms with E-state index in [0.717, 1.165) is 13.1 Å². The monoisotopic (exact) mass is 318 g/mol. The van der Waals surface area contributed by atoms with E-state index in [1.165, 1.54) is 18.2 Å². The second kappa shape index (κ2) is 7.04. The van der Waals surface area contributed by atoms with Gasteiger partial charge in [0.25, 0.3) is 0 Å². The van der Waals surface area contributed by atoms with Gasteiger partial charge in [0.15, 0.2) is 0 Å². The zero-order valence-electron chi connectivity index (χ0n) is 11.5. The highest BCUT2D eigenvalue weighted by atomic mass is 35.5. The van der Waals surface area contributed by atoms with E-state index in [1.807, 2.05) is 6.92 Å². The summed E-state index contributed by atoms with van der Waals surface area (Å²) in [5.74, 6) is 0.114. The van der Waals surface area contributed by atoms with Crippen molar-refractivity contribution in [3.8, 4) is 5.75 Å². The summed E-state index contributed by atoms with van der Waals surface area (Å²) >= 11 is 5.85. The standard InChI is InChI=1S/C14H17ClF2N2O2/c1-8(10-5-18-6-10)13(20)19-7-9-4-11(15)2-3-12(9)21-14(16)17/h2-4,8,10,14,18H,5-7H2,1H3,(H,19,20). The quantitative estimate of drug-likeness (QED) is 0.847. The molecular formula is C14H17ClF2N2O2. The second-order valence-corrected chi connectivity index (χ2v) is 5.49. The molecule has 7 heteroatoms. The van der Waals surface area contributed by atoms with Crippen LogP contribution >= 0.6 is 11.6 Å². The van der Waals surface area contributed by atoms with Crippen LogP contribution in [0.4, 0.5) is 8.78 Å². The molecule has 1 aromatic rings. The minimum Gasteiger partial charge on any atom is -0.434 e. The Bertz CT molecular complexity index is 510. The van der Waals surface area contributed by atoms with Gasteiger partial charge in [-0.1, -0.05) is 18.5 Å². The van der Waals surface area contributed by atoms with Crippen molar-refractivity contribution in [2.45, 2.75) is 20.1 Å². The van der Waals surface area contributed by atoms with Gasteiger partial charge in [-0.3, -0.25) is 4.79 Å². The van der Waals surface area contributed by atoms with Crippen LogP contribution in [0.15, 0.2) is 18.2 Å². The smallest absolute Gasteiger partial charge is 0.387 e. The average molecular weight is 319 g/mol. The summed E-state index contributed by atoms with van der Waals surface area (Å²) in [6.07, 6.45) is 0. The average Bonchev–Trinajstić information content (AvgIpc) is 2.36. The van der Waals surface area contributed by atoms with Crippen molar-refractivity contribution in [2.75, 3.05) is 13.1 Å². The molecule has 2 rings (SSSR count). The highest BCUT2D eigenvalue weighted by Crippen LogP contribution is 2.25. The molecule has 21 heavy (non-hydrogen) atoms. The third kappa shape index (κ3) is 4.28. The lowest BCUT2D eigenvalue weighted by Crippen LogP contribution is -2.49. The van der Waals surface area contributed by atoms with Gasteiger partial charge in [-0.05, 0) is 37.2 Å². The predicted molar refractivity (Wildman–Crippen MR) is 75.5 cm³/mol. The van der Waals surface area contributed by atoms with Gasteiger partial charge in [0.2, 0.25) is 5.91 Å². The molecule has 1 heterocycles. The fourth-order valence-corrected chi connectivity index (χ4v) is 2.31. The first-order valence-corrected chi connectivity index (χ1v) is 7.07. The van der Waals surface area contributed by atoms with Crippen molar-refractivity contribution >= 4 is 17.5 Å². The molecule has 0 aliphatic carbocycles. The highest BCUT2D eigenvalue weighted by molar-refractivity contribution is 6.30. The molecule has 116 valence electrons. The highest BCUT2D eigenvalue weighted by Gasteiger charge is 2.28. The van der Waals surface area contributed by atoms with Gasteiger partial charge < -0.3 is 15.4 Å². The molecule has 1 atom stereocenters. The van der Waals surface area contributed by atoms with Crippen LogP contribution in [0.2, 0.25) is 5.02 Å². The van der Waals surface area contributed by atoms with E-state index in [4.69, 9.17) is 11.6 Å². The molecule has 0 radical (unpaired) electrons. The van der Waals surface area contributed by atoms with Crippen molar-refractivity contribution in [1.29, 1.82) is 0 Å². The van der Waals surface area contributed by atoms with Crippen molar-refractivity contribution < 1.29 is 18.3 Å². The molecule has 0 bridgehead atoms. The Morgan fingerprint density at radius 1 is 1.52 bits per heavy atom. The maximum atomic E-state index is 12.3. The van der Waals surface area contributed by atoms with Gasteiger partial charge in [0.05, 0.1) is 0 Å². The lowest BCUT2D eigenvalue weighted by atomic mass is 9.88. The molecule has 0 spiro atoms. The van der Waals surface area contributed by atoms with E-state index in [-0.39, 0.29) is 24.1 Å². The topological polar surface area (TPSA) is 50.4 Å². The number of carbonyl (C=O) groups excluding carboxylic acids is 1. The molecule has 1 aliphatic rings. The van der Waals surface area contributed by atoms with E-state index in [9.17, 15) is 13.6 Å². The third-order valence-corrected chi connectivity index (χ3v) is 3.86. The first-order valence-electron chi connectivity index (χ1n) is 6.69. The van der Waals surface area contributed by atoms with Crippen LogP contribution < -0.4 is 15.4 Å². The van der Waals surface area contributed by atoms with E-state index < -0.39 is 6.61 Å². The normalized spacial score (nSPS) is 16.4. The zero-order chi connectivity index (χ0) is 15.4. The summed E-state index contributed by atoms with van der Waals surface area (Å²) in [6, 6.07) is 4.34. The van der Waals surface area contributed by atoms with Crippen LogP contribution in [0.3, 0.4) is 0 Å². The van der Waals surface area contributed by atoms with E-state index in [2.05, 4.69) is 15.4 Å². The van der Waals surface area contributed by atoms with Gasteiger partial charge in [-0.25, -0.2) is 0 Å². The summed E-state index contributed by atoms with van der Waals surface area (Å²) in [5, 5.41) is 6.25. The molecule has 1 aliphatic heterocycles. The Morgan fingerprint density at radius 2 is 2.24 bits per heavy atom. The van der Waals surface area contributed by atoms with Crippen LogP contribution in [0.1, 0.15) is 12.5 Å². The Kier molecular flexibility index (Phi) is 5.36. The largest absolute Gasteiger partial charge is 0.434 e. The summed E-state index contributed by atoms with van der Waals surface area (Å²) in [5.41, 5.74) is 0.426. The molecule has 1 aromatic carbocycles. The number of amides is 1. The number of hydrogen-bond donors (Lipinski definition) is 2. The SMILES string of the molecule is CC(C(=O)NCc1cc(Cl)ccc1OC(F)F)C1CNC1. The van der Waals surface area contributed by atoms with Gasteiger partial charge >= 0.3 is 6.61 Å². The third-order valence-electron chi connectivity index (χ3n) is 3.63.